The highest BCUT2D eigenvalue weighted by Gasteiger charge is 2.35. The van der Waals surface area contributed by atoms with E-state index in [2.05, 4.69) is 17.1 Å². The van der Waals surface area contributed by atoms with Crippen LogP contribution in [0.3, 0.4) is 0 Å². The molecule has 0 aliphatic carbocycles. The molecule has 0 fully saturated rings. The van der Waals surface area contributed by atoms with Crippen LogP contribution in [0.15, 0.2) is 53.1 Å². The first-order valence-electron chi connectivity index (χ1n) is 8.70. The van der Waals surface area contributed by atoms with Gasteiger partial charge in [-0.1, -0.05) is 24.3 Å². The van der Waals surface area contributed by atoms with Crippen molar-refractivity contribution in [2.24, 2.45) is 0 Å². The molecule has 0 atom stereocenters. The van der Waals surface area contributed by atoms with Crippen molar-refractivity contribution in [1.82, 2.24) is 4.98 Å². The van der Waals surface area contributed by atoms with Gasteiger partial charge in [0.1, 0.15) is 5.58 Å². The molecule has 2 aromatic carbocycles. The van der Waals surface area contributed by atoms with E-state index in [1.54, 1.807) is 27.5 Å². The molecule has 2 aromatic heterocycles. The van der Waals surface area contributed by atoms with Crippen LogP contribution in [-0.2, 0) is 4.65 Å². The van der Waals surface area contributed by atoms with E-state index in [0.717, 1.165) is 32.6 Å². The minimum atomic E-state index is -0.967. The Balaban J connectivity index is 1.81. The summed E-state index contributed by atoms with van der Waals surface area (Å²) < 4.78 is 12.0. The molecule has 4 nitrogen and oxygen atoms in total. The minimum absolute atomic E-state index is 0.642. The third kappa shape index (κ3) is 2.68. The third-order valence-corrected chi connectivity index (χ3v) is 5.26. The Labute approximate surface area is 153 Å². The normalized spacial score (nSPS) is 13.0. The Kier molecular flexibility index (Phi) is 3.83. The summed E-state index contributed by atoms with van der Waals surface area (Å²) in [6.07, 6.45) is 1.73. The first kappa shape index (κ1) is 17.1. The van der Waals surface area contributed by atoms with Crippen molar-refractivity contribution in [1.29, 1.82) is 0 Å². The molecule has 0 spiro atoms. The summed E-state index contributed by atoms with van der Waals surface area (Å²) in [7, 11) is 1.72. The molecule has 0 amide bonds. The van der Waals surface area contributed by atoms with Crippen LogP contribution in [0.4, 0.5) is 0 Å². The van der Waals surface area contributed by atoms with Gasteiger partial charge in [0.15, 0.2) is 0 Å². The average Bonchev–Trinajstić information content (AvgIpc) is 2.98. The molecule has 0 unspecified atom stereocenters. The molecular weight excluding hydrogens is 325 g/mol. The summed E-state index contributed by atoms with van der Waals surface area (Å²) in [4.78, 5) is 4.32. The molecule has 0 aliphatic rings. The number of hydrogen-bond donors (Lipinski definition) is 1. The van der Waals surface area contributed by atoms with Crippen LogP contribution in [0.5, 0.6) is 0 Å². The van der Waals surface area contributed by atoms with Crippen LogP contribution in [0.2, 0.25) is 0 Å². The fourth-order valence-corrected chi connectivity index (χ4v) is 2.91. The number of nitrogens with zero attached hydrogens (tertiary/aromatic N) is 1. The van der Waals surface area contributed by atoms with E-state index in [1.165, 1.54) is 0 Å². The second-order valence-electron chi connectivity index (χ2n) is 7.65. The Morgan fingerprint density at radius 3 is 2.38 bits per heavy atom. The first-order chi connectivity index (χ1) is 12.3. The van der Waals surface area contributed by atoms with Crippen LogP contribution in [0.1, 0.15) is 27.7 Å². The Bertz CT molecular complexity index is 1110. The molecule has 0 saturated carbocycles. The lowest BCUT2D eigenvalue weighted by Gasteiger charge is -2.37. The number of hydrogen-bond acceptors (Lipinski definition) is 4. The fourth-order valence-electron chi connectivity index (χ4n) is 2.91. The molecule has 0 saturated heterocycles. The van der Waals surface area contributed by atoms with Gasteiger partial charge < -0.3 is 14.2 Å². The number of furan rings is 1. The van der Waals surface area contributed by atoms with Crippen molar-refractivity contribution in [2.45, 2.75) is 38.9 Å². The van der Waals surface area contributed by atoms with Gasteiger partial charge in [-0.25, -0.2) is 4.98 Å². The third-order valence-electron chi connectivity index (χ3n) is 5.26. The van der Waals surface area contributed by atoms with Gasteiger partial charge in [-0.15, -0.1) is 0 Å². The van der Waals surface area contributed by atoms with Gasteiger partial charge in [-0.2, -0.15) is 0 Å². The molecule has 0 aliphatic heterocycles. The van der Waals surface area contributed by atoms with Gasteiger partial charge in [-0.3, -0.25) is 0 Å². The van der Waals surface area contributed by atoms with Crippen molar-refractivity contribution in [3.8, 4) is 0 Å². The van der Waals surface area contributed by atoms with Gasteiger partial charge >= 0.3 is 7.48 Å². The molecule has 4 aromatic rings. The lowest BCUT2D eigenvalue weighted by molar-refractivity contribution is -0.0893. The number of benzene rings is 2. The number of pyridine rings is 1. The van der Waals surface area contributed by atoms with E-state index in [9.17, 15) is 5.11 Å². The van der Waals surface area contributed by atoms with Crippen molar-refractivity contribution in [2.75, 3.05) is 0 Å². The van der Waals surface area contributed by atoms with Crippen LogP contribution >= 0.6 is 0 Å². The summed E-state index contributed by atoms with van der Waals surface area (Å²) in [5, 5.41) is 14.4. The molecule has 131 valence electrons. The van der Waals surface area contributed by atoms with Crippen molar-refractivity contribution in [3.63, 3.8) is 0 Å². The van der Waals surface area contributed by atoms with E-state index in [0.29, 0.717) is 5.71 Å². The summed E-state index contributed by atoms with van der Waals surface area (Å²) in [5.41, 5.74) is 0.723. The largest absolute Gasteiger partial charge is 0.437 e. The smallest absolute Gasteiger partial charge is 0.331 e. The maximum Gasteiger partial charge on any atom is 0.331 e. The maximum absolute atomic E-state index is 10.3. The van der Waals surface area contributed by atoms with Gasteiger partial charge in [0.25, 0.3) is 0 Å². The van der Waals surface area contributed by atoms with Crippen LogP contribution < -0.4 is 5.46 Å². The SMILES string of the molecule is CC(C)(O)C(C)(C)O[B]c1cccc2c1ccc1c3cccnc3oc21. The molecular formula is C21H21BNO3. The molecule has 1 radical (unpaired) electrons. The highest BCUT2D eigenvalue weighted by atomic mass is 16.5. The van der Waals surface area contributed by atoms with E-state index < -0.39 is 11.2 Å². The van der Waals surface area contributed by atoms with Crippen LogP contribution in [0.25, 0.3) is 32.8 Å². The number of fused-ring (bicyclic) bond motifs is 5. The quantitative estimate of drug-likeness (QED) is 0.569. The topological polar surface area (TPSA) is 55.5 Å². The fraction of sp³-hybridized carbons (Fsp3) is 0.286. The number of aromatic nitrogens is 1. The van der Waals surface area contributed by atoms with Crippen molar-refractivity contribution < 1.29 is 14.2 Å². The number of aliphatic hydroxyl groups is 1. The number of rotatable bonds is 4. The van der Waals surface area contributed by atoms with Crippen molar-refractivity contribution >= 4 is 45.8 Å². The van der Waals surface area contributed by atoms with E-state index in [4.69, 9.17) is 9.07 Å². The first-order valence-corrected chi connectivity index (χ1v) is 8.70. The molecule has 1 N–H and O–H groups in total. The Morgan fingerprint density at radius 1 is 0.923 bits per heavy atom. The molecule has 4 rings (SSSR count). The van der Waals surface area contributed by atoms with Gasteiger partial charge in [-0.05, 0) is 56.7 Å². The monoisotopic (exact) mass is 346 g/mol. The predicted molar refractivity (Wildman–Crippen MR) is 106 cm³/mol. The second kappa shape index (κ2) is 5.83. The van der Waals surface area contributed by atoms with E-state index >= 15 is 0 Å². The van der Waals surface area contributed by atoms with Gasteiger partial charge in [0.05, 0.1) is 11.2 Å². The highest BCUT2D eigenvalue weighted by molar-refractivity contribution is 6.52. The van der Waals surface area contributed by atoms with E-state index in [-0.39, 0.29) is 0 Å². The predicted octanol–water partition coefficient (Wildman–Crippen LogP) is 3.94. The molecule has 2 heterocycles. The molecule has 5 heteroatoms. The molecule has 0 bridgehead atoms. The van der Waals surface area contributed by atoms with Crippen molar-refractivity contribution in [3.05, 3.63) is 48.7 Å². The van der Waals surface area contributed by atoms with Crippen LogP contribution in [-0.4, -0.2) is 28.8 Å². The lowest BCUT2D eigenvalue weighted by Crippen LogP contribution is -2.49. The van der Waals surface area contributed by atoms with Gasteiger partial charge in [0.2, 0.25) is 5.71 Å². The Morgan fingerprint density at radius 2 is 1.62 bits per heavy atom. The molecule has 26 heavy (non-hydrogen) atoms. The standard InChI is InChI=1S/C21H21BNO3/c1-20(2,24)21(3,4)26-22-17-9-5-7-14-13(17)10-11-15-16-8-6-12-23-19(16)25-18(14)15/h5-12,24H,1-4H3. The lowest BCUT2D eigenvalue weighted by atomic mass is 9.80. The zero-order valence-electron chi connectivity index (χ0n) is 15.4. The van der Waals surface area contributed by atoms with Gasteiger partial charge in [0, 0.05) is 22.4 Å². The van der Waals surface area contributed by atoms with Crippen LogP contribution in [0, 0.1) is 0 Å². The second-order valence-corrected chi connectivity index (χ2v) is 7.65. The summed E-state index contributed by atoms with van der Waals surface area (Å²) >= 11 is 0. The average molecular weight is 346 g/mol. The van der Waals surface area contributed by atoms with E-state index in [1.807, 2.05) is 44.2 Å². The minimum Gasteiger partial charge on any atom is -0.437 e. The maximum atomic E-state index is 10.3. The highest BCUT2D eigenvalue weighted by Crippen LogP contribution is 2.32. The zero-order valence-corrected chi connectivity index (χ0v) is 15.4. The summed E-state index contributed by atoms with van der Waals surface area (Å²) in [6.45, 7) is 7.24. The summed E-state index contributed by atoms with van der Waals surface area (Å²) in [6, 6.07) is 14.1. The zero-order chi connectivity index (χ0) is 18.5. The Hall–Kier alpha value is -2.37. The summed E-state index contributed by atoms with van der Waals surface area (Å²) in [5.74, 6) is 0.